The lowest BCUT2D eigenvalue weighted by molar-refractivity contribution is 0.606. The van der Waals surface area contributed by atoms with Crippen molar-refractivity contribution >= 4 is 22.4 Å². The van der Waals surface area contributed by atoms with Crippen LogP contribution in [0, 0.1) is 17.5 Å². The fourth-order valence-corrected chi connectivity index (χ4v) is 4.34. The third-order valence-corrected chi connectivity index (χ3v) is 6.41. The standard InChI is InChI=1S/C29H26ClF3/c1-2-3-19-4-9-22(27(31)17-19)10-5-20-7-14-25-24(16-20)13-12-23(29(25)33)11-6-21-8-15-26(30)28(32)18-21/h4,7-9,12-18H,2-3,5-6,10-11H2,1H3. The highest BCUT2D eigenvalue weighted by Gasteiger charge is 2.10. The summed E-state index contributed by atoms with van der Waals surface area (Å²) in [4.78, 5) is 0. The molecule has 0 aliphatic heterocycles. The van der Waals surface area contributed by atoms with Crippen LogP contribution in [-0.2, 0) is 32.1 Å². The van der Waals surface area contributed by atoms with Crippen LogP contribution in [0.15, 0.2) is 66.7 Å². The molecule has 0 aliphatic rings. The lowest BCUT2D eigenvalue weighted by Gasteiger charge is -2.10. The molecule has 0 amide bonds. The van der Waals surface area contributed by atoms with Crippen molar-refractivity contribution in [3.8, 4) is 0 Å². The summed E-state index contributed by atoms with van der Waals surface area (Å²) in [6.45, 7) is 2.08. The zero-order valence-corrected chi connectivity index (χ0v) is 19.4. The minimum atomic E-state index is -0.461. The molecule has 0 nitrogen and oxygen atoms in total. The van der Waals surface area contributed by atoms with Gasteiger partial charge in [-0.1, -0.05) is 73.5 Å². The summed E-state index contributed by atoms with van der Waals surface area (Å²) in [5.74, 6) is -0.860. The van der Waals surface area contributed by atoms with Gasteiger partial charge in [0.2, 0.25) is 0 Å². The van der Waals surface area contributed by atoms with Gasteiger partial charge < -0.3 is 0 Å². The van der Waals surface area contributed by atoms with Crippen molar-refractivity contribution in [1.82, 2.24) is 0 Å². The van der Waals surface area contributed by atoms with Gasteiger partial charge in [0.1, 0.15) is 17.5 Å². The maximum absolute atomic E-state index is 15.1. The topological polar surface area (TPSA) is 0 Å². The minimum absolute atomic E-state index is 0.0858. The minimum Gasteiger partial charge on any atom is -0.207 e. The molecular formula is C29H26ClF3. The number of rotatable bonds is 8. The predicted octanol–water partition coefficient (Wildman–Crippen LogP) is 8.43. The first-order valence-electron chi connectivity index (χ1n) is 11.4. The first-order valence-corrected chi connectivity index (χ1v) is 11.7. The zero-order chi connectivity index (χ0) is 23.4. The Morgan fingerprint density at radius 2 is 1.21 bits per heavy atom. The van der Waals surface area contributed by atoms with Gasteiger partial charge in [-0.25, -0.2) is 13.2 Å². The summed E-state index contributed by atoms with van der Waals surface area (Å²) in [7, 11) is 0. The van der Waals surface area contributed by atoms with E-state index in [0.29, 0.717) is 42.2 Å². The molecule has 170 valence electrons. The second-order valence-corrected chi connectivity index (χ2v) is 8.93. The maximum Gasteiger partial charge on any atom is 0.142 e. The Bertz CT molecular complexity index is 1280. The molecule has 0 unspecified atom stereocenters. The van der Waals surface area contributed by atoms with E-state index in [9.17, 15) is 8.78 Å². The number of benzene rings is 4. The summed E-state index contributed by atoms with van der Waals surface area (Å²) in [5, 5.41) is 1.47. The van der Waals surface area contributed by atoms with Gasteiger partial charge in [0.15, 0.2) is 0 Å². The molecule has 0 heterocycles. The first-order chi connectivity index (χ1) is 15.9. The van der Waals surface area contributed by atoms with Crippen molar-refractivity contribution in [3.05, 3.63) is 117 Å². The lowest BCUT2D eigenvalue weighted by atomic mass is 9.97. The zero-order valence-electron chi connectivity index (χ0n) is 18.6. The number of fused-ring (bicyclic) bond motifs is 1. The molecule has 0 atom stereocenters. The van der Waals surface area contributed by atoms with E-state index < -0.39 is 5.82 Å². The van der Waals surface area contributed by atoms with Crippen molar-refractivity contribution in [2.45, 2.75) is 45.4 Å². The molecule has 0 fully saturated rings. The molecule has 0 radical (unpaired) electrons. The van der Waals surface area contributed by atoms with E-state index in [1.54, 1.807) is 24.3 Å². The molecule has 0 saturated heterocycles. The first kappa shape index (κ1) is 23.4. The van der Waals surface area contributed by atoms with E-state index in [-0.39, 0.29) is 16.7 Å². The van der Waals surface area contributed by atoms with Crippen LogP contribution in [-0.4, -0.2) is 0 Å². The van der Waals surface area contributed by atoms with Gasteiger partial charge in [-0.05, 0) is 83.5 Å². The largest absolute Gasteiger partial charge is 0.207 e. The molecule has 0 spiro atoms. The Morgan fingerprint density at radius 3 is 1.94 bits per heavy atom. The van der Waals surface area contributed by atoms with Gasteiger partial charge in [-0.15, -0.1) is 0 Å². The highest BCUT2D eigenvalue weighted by Crippen LogP contribution is 2.25. The number of hydrogen-bond acceptors (Lipinski definition) is 0. The molecule has 4 rings (SSSR count). The molecule has 0 N–H and O–H groups in total. The van der Waals surface area contributed by atoms with Crippen molar-refractivity contribution in [1.29, 1.82) is 0 Å². The van der Waals surface area contributed by atoms with Crippen molar-refractivity contribution in [2.75, 3.05) is 0 Å². The van der Waals surface area contributed by atoms with Crippen LogP contribution in [0.2, 0.25) is 5.02 Å². The Labute approximate surface area is 198 Å². The monoisotopic (exact) mass is 466 g/mol. The van der Waals surface area contributed by atoms with Gasteiger partial charge in [0.05, 0.1) is 5.02 Å². The fraction of sp³-hybridized carbons (Fsp3) is 0.241. The number of aryl methyl sites for hydroxylation is 5. The van der Waals surface area contributed by atoms with Crippen LogP contribution in [0.3, 0.4) is 0 Å². The molecule has 4 heteroatoms. The second-order valence-electron chi connectivity index (χ2n) is 8.52. The number of halogens is 4. The molecule has 0 aliphatic carbocycles. The maximum atomic E-state index is 15.1. The SMILES string of the molecule is CCCc1ccc(CCc2ccc3c(F)c(CCc4ccc(Cl)c(F)c4)ccc3c2)c(F)c1. The van der Waals surface area contributed by atoms with Crippen LogP contribution < -0.4 is 0 Å². The van der Waals surface area contributed by atoms with Crippen molar-refractivity contribution < 1.29 is 13.2 Å². The average molecular weight is 467 g/mol. The van der Waals surface area contributed by atoms with E-state index in [4.69, 9.17) is 11.6 Å². The highest BCUT2D eigenvalue weighted by molar-refractivity contribution is 6.30. The molecule has 4 aromatic carbocycles. The van der Waals surface area contributed by atoms with E-state index in [1.165, 1.54) is 12.1 Å². The van der Waals surface area contributed by atoms with Crippen LogP contribution in [0.4, 0.5) is 13.2 Å². The molecular weight excluding hydrogens is 441 g/mol. The van der Waals surface area contributed by atoms with E-state index in [0.717, 1.165) is 34.9 Å². The average Bonchev–Trinajstić information content (AvgIpc) is 2.80. The predicted molar refractivity (Wildman–Crippen MR) is 131 cm³/mol. The summed E-state index contributed by atoms with van der Waals surface area (Å²) in [6.07, 6.45) is 4.16. The highest BCUT2D eigenvalue weighted by atomic mass is 35.5. The fourth-order valence-electron chi connectivity index (χ4n) is 4.23. The summed E-state index contributed by atoms with van der Waals surface area (Å²) >= 11 is 5.73. The molecule has 33 heavy (non-hydrogen) atoms. The molecule has 0 saturated carbocycles. The summed E-state index contributed by atoms with van der Waals surface area (Å²) in [6, 6.07) is 19.6. The summed E-state index contributed by atoms with van der Waals surface area (Å²) < 4.78 is 43.1. The molecule has 0 bridgehead atoms. The van der Waals surface area contributed by atoms with E-state index in [2.05, 4.69) is 6.92 Å². The number of hydrogen-bond donors (Lipinski definition) is 0. The van der Waals surface area contributed by atoms with Gasteiger partial charge in [-0.2, -0.15) is 0 Å². The lowest BCUT2D eigenvalue weighted by Crippen LogP contribution is -1.98. The van der Waals surface area contributed by atoms with Gasteiger partial charge in [0, 0.05) is 5.39 Å². The Hall–Kier alpha value is -2.78. The Morgan fingerprint density at radius 1 is 0.606 bits per heavy atom. The molecule has 4 aromatic rings. The Kier molecular flexibility index (Phi) is 7.39. The van der Waals surface area contributed by atoms with E-state index in [1.807, 2.05) is 30.3 Å². The van der Waals surface area contributed by atoms with Gasteiger partial charge >= 0.3 is 0 Å². The Balaban J connectivity index is 1.45. The summed E-state index contributed by atoms with van der Waals surface area (Å²) in [5.41, 5.74) is 4.15. The van der Waals surface area contributed by atoms with E-state index >= 15 is 4.39 Å². The van der Waals surface area contributed by atoms with Gasteiger partial charge in [0.25, 0.3) is 0 Å². The van der Waals surface area contributed by atoms with Crippen molar-refractivity contribution in [3.63, 3.8) is 0 Å². The quantitative estimate of drug-likeness (QED) is 0.244. The third kappa shape index (κ3) is 5.59. The second kappa shape index (κ2) is 10.4. The van der Waals surface area contributed by atoms with Gasteiger partial charge in [-0.3, -0.25) is 0 Å². The normalized spacial score (nSPS) is 11.3. The smallest absolute Gasteiger partial charge is 0.142 e. The van der Waals surface area contributed by atoms with Crippen LogP contribution in [0.25, 0.3) is 10.8 Å². The van der Waals surface area contributed by atoms with Crippen LogP contribution >= 0.6 is 11.6 Å². The van der Waals surface area contributed by atoms with Crippen LogP contribution in [0.5, 0.6) is 0 Å². The molecule has 0 aromatic heterocycles. The van der Waals surface area contributed by atoms with Crippen LogP contribution in [0.1, 0.15) is 41.2 Å². The third-order valence-electron chi connectivity index (χ3n) is 6.10. The van der Waals surface area contributed by atoms with Crippen molar-refractivity contribution in [2.24, 2.45) is 0 Å².